The van der Waals surface area contributed by atoms with Gasteiger partial charge >= 0.3 is 0 Å². The van der Waals surface area contributed by atoms with E-state index in [1.807, 2.05) is 35.2 Å². The van der Waals surface area contributed by atoms with E-state index in [9.17, 15) is 4.79 Å². The summed E-state index contributed by atoms with van der Waals surface area (Å²) in [6.45, 7) is 5.93. The standard InChI is InChI=1S/C27H35ClN2O5/c1-32-27(21-35-25-9-3-7-23(28)17-25)19-29(13-15-33-20-27)18-22-6-2-8-24(16-22)34-14-5-12-30-11-4-10-26(30)31/h2-3,6-9,16-17H,4-5,10-15,18-21H2,1H3/t27-/m0/s1. The quantitative estimate of drug-likeness (QED) is 0.432. The molecule has 2 aromatic rings. The molecule has 1 atom stereocenters. The van der Waals surface area contributed by atoms with Gasteiger partial charge in [-0.15, -0.1) is 0 Å². The average molecular weight is 503 g/mol. The van der Waals surface area contributed by atoms with Crippen molar-refractivity contribution in [1.82, 2.24) is 9.80 Å². The number of hydrogen-bond donors (Lipinski definition) is 0. The fourth-order valence-corrected chi connectivity index (χ4v) is 4.72. The normalized spacial score (nSPS) is 21.2. The Hall–Kier alpha value is -2.32. The number of methoxy groups -OCH3 is 1. The molecule has 2 fully saturated rings. The van der Waals surface area contributed by atoms with Crippen LogP contribution >= 0.6 is 11.6 Å². The van der Waals surface area contributed by atoms with Gasteiger partial charge in [0.15, 0.2) is 0 Å². The van der Waals surface area contributed by atoms with Crippen LogP contribution in [-0.4, -0.2) is 81.0 Å². The molecule has 2 saturated heterocycles. The second kappa shape index (κ2) is 12.6. The molecular formula is C27H35ClN2O5. The van der Waals surface area contributed by atoms with Gasteiger partial charge in [-0.1, -0.05) is 29.8 Å². The van der Waals surface area contributed by atoms with Crippen LogP contribution in [0.25, 0.3) is 0 Å². The minimum atomic E-state index is -0.583. The Morgan fingerprint density at radius 2 is 1.91 bits per heavy atom. The zero-order valence-corrected chi connectivity index (χ0v) is 21.2. The highest BCUT2D eigenvalue weighted by molar-refractivity contribution is 6.30. The highest BCUT2D eigenvalue weighted by Gasteiger charge is 2.36. The molecule has 0 aliphatic carbocycles. The number of hydrogen-bond acceptors (Lipinski definition) is 6. The Morgan fingerprint density at radius 1 is 1.09 bits per heavy atom. The van der Waals surface area contributed by atoms with E-state index in [-0.39, 0.29) is 5.91 Å². The predicted octanol–water partition coefficient (Wildman–Crippen LogP) is 4.03. The summed E-state index contributed by atoms with van der Waals surface area (Å²) in [5.41, 5.74) is 0.583. The van der Waals surface area contributed by atoms with Crippen molar-refractivity contribution in [3.63, 3.8) is 0 Å². The van der Waals surface area contributed by atoms with E-state index in [0.717, 1.165) is 44.8 Å². The van der Waals surface area contributed by atoms with Gasteiger partial charge in [0.25, 0.3) is 0 Å². The van der Waals surface area contributed by atoms with Crippen molar-refractivity contribution >= 4 is 17.5 Å². The first-order valence-corrected chi connectivity index (χ1v) is 12.7. The summed E-state index contributed by atoms with van der Waals surface area (Å²) >= 11 is 6.09. The second-order valence-electron chi connectivity index (χ2n) is 9.23. The Balaban J connectivity index is 1.30. The second-order valence-corrected chi connectivity index (χ2v) is 9.67. The van der Waals surface area contributed by atoms with Crippen LogP contribution in [0.1, 0.15) is 24.8 Å². The molecule has 2 heterocycles. The van der Waals surface area contributed by atoms with Crippen LogP contribution in [-0.2, 0) is 20.8 Å². The third-order valence-corrected chi connectivity index (χ3v) is 6.71. The summed E-state index contributed by atoms with van der Waals surface area (Å²) in [5.74, 6) is 1.82. The van der Waals surface area contributed by atoms with Crippen LogP contribution in [0.2, 0.25) is 5.02 Å². The molecular weight excluding hydrogens is 468 g/mol. The van der Waals surface area contributed by atoms with E-state index in [1.54, 1.807) is 13.2 Å². The minimum Gasteiger partial charge on any atom is -0.494 e. The number of carbonyl (C=O) groups excluding carboxylic acids is 1. The van der Waals surface area contributed by atoms with Gasteiger partial charge in [-0.05, 0) is 48.7 Å². The van der Waals surface area contributed by atoms with Gasteiger partial charge in [0, 0.05) is 51.3 Å². The molecule has 0 bridgehead atoms. The molecule has 0 spiro atoms. The smallest absolute Gasteiger partial charge is 0.222 e. The Labute approximate surface area is 212 Å². The summed E-state index contributed by atoms with van der Waals surface area (Å²) in [4.78, 5) is 16.0. The molecule has 0 saturated carbocycles. The SMILES string of the molecule is CO[C@]1(COc2cccc(Cl)c2)COCCN(Cc2cccc(OCCCN3CCCC3=O)c2)C1. The highest BCUT2D eigenvalue weighted by Crippen LogP contribution is 2.24. The van der Waals surface area contributed by atoms with E-state index in [2.05, 4.69) is 17.0 Å². The van der Waals surface area contributed by atoms with E-state index in [0.29, 0.717) is 50.2 Å². The number of carbonyl (C=O) groups is 1. The molecule has 0 N–H and O–H groups in total. The van der Waals surface area contributed by atoms with Gasteiger partial charge in [-0.25, -0.2) is 0 Å². The monoisotopic (exact) mass is 502 g/mol. The van der Waals surface area contributed by atoms with Gasteiger partial charge in [-0.2, -0.15) is 0 Å². The minimum absolute atomic E-state index is 0.263. The summed E-state index contributed by atoms with van der Waals surface area (Å²) in [6, 6.07) is 15.6. The lowest BCUT2D eigenvalue weighted by Crippen LogP contribution is -2.50. The Morgan fingerprint density at radius 3 is 2.69 bits per heavy atom. The van der Waals surface area contributed by atoms with Crippen LogP contribution in [0, 0.1) is 0 Å². The molecule has 1 amide bonds. The van der Waals surface area contributed by atoms with Crippen LogP contribution < -0.4 is 9.47 Å². The van der Waals surface area contributed by atoms with Crippen LogP contribution in [0.5, 0.6) is 11.5 Å². The predicted molar refractivity (Wildman–Crippen MR) is 135 cm³/mol. The van der Waals surface area contributed by atoms with Gasteiger partial charge in [0.1, 0.15) is 23.7 Å². The third-order valence-electron chi connectivity index (χ3n) is 6.48. The first-order valence-electron chi connectivity index (χ1n) is 12.3. The van der Waals surface area contributed by atoms with Crippen LogP contribution in [0.15, 0.2) is 48.5 Å². The van der Waals surface area contributed by atoms with Gasteiger partial charge in [0.2, 0.25) is 5.91 Å². The van der Waals surface area contributed by atoms with Crippen molar-refractivity contribution in [2.75, 3.05) is 59.7 Å². The number of nitrogens with zero attached hydrogens (tertiary/aromatic N) is 2. The molecule has 2 aliphatic rings. The van der Waals surface area contributed by atoms with E-state index >= 15 is 0 Å². The molecule has 0 radical (unpaired) electrons. The van der Waals surface area contributed by atoms with Gasteiger partial charge < -0.3 is 23.8 Å². The molecule has 0 aromatic heterocycles. The topological polar surface area (TPSA) is 60.5 Å². The Kier molecular flexibility index (Phi) is 9.26. The largest absolute Gasteiger partial charge is 0.494 e. The van der Waals surface area contributed by atoms with E-state index in [1.165, 1.54) is 5.56 Å². The number of rotatable bonds is 11. The van der Waals surface area contributed by atoms with E-state index in [4.69, 9.17) is 30.5 Å². The maximum atomic E-state index is 11.7. The molecule has 2 aromatic carbocycles. The first kappa shape index (κ1) is 25.8. The number of amides is 1. The highest BCUT2D eigenvalue weighted by atomic mass is 35.5. The molecule has 190 valence electrons. The van der Waals surface area contributed by atoms with Crippen molar-refractivity contribution in [3.05, 3.63) is 59.1 Å². The number of halogens is 1. The lowest BCUT2D eigenvalue weighted by Gasteiger charge is -2.34. The zero-order valence-electron chi connectivity index (χ0n) is 20.4. The number of likely N-dealkylation sites (tertiary alicyclic amines) is 1. The Bertz CT molecular complexity index is 974. The lowest BCUT2D eigenvalue weighted by molar-refractivity contribution is -0.127. The molecule has 8 heteroatoms. The molecule has 35 heavy (non-hydrogen) atoms. The van der Waals surface area contributed by atoms with Crippen LogP contribution in [0.3, 0.4) is 0 Å². The zero-order chi connectivity index (χ0) is 24.5. The van der Waals surface area contributed by atoms with Crippen molar-refractivity contribution in [2.45, 2.75) is 31.4 Å². The molecule has 0 unspecified atom stereocenters. The van der Waals surface area contributed by atoms with Crippen molar-refractivity contribution < 1.29 is 23.7 Å². The first-order chi connectivity index (χ1) is 17.0. The maximum absolute atomic E-state index is 11.7. The average Bonchev–Trinajstić information content (AvgIpc) is 3.16. The summed E-state index contributed by atoms with van der Waals surface area (Å²) in [6.07, 6.45) is 2.49. The maximum Gasteiger partial charge on any atom is 0.222 e. The fourth-order valence-electron chi connectivity index (χ4n) is 4.54. The number of benzene rings is 2. The van der Waals surface area contributed by atoms with Crippen LogP contribution in [0.4, 0.5) is 0 Å². The van der Waals surface area contributed by atoms with Crippen molar-refractivity contribution in [1.29, 1.82) is 0 Å². The van der Waals surface area contributed by atoms with Crippen molar-refractivity contribution in [3.8, 4) is 11.5 Å². The summed E-state index contributed by atoms with van der Waals surface area (Å²) < 4.78 is 23.8. The molecule has 7 nitrogen and oxygen atoms in total. The molecule has 2 aliphatic heterocycles. The fraction of sp³-hybridized carbons (Fsp3) is 0.519. The summed E-state index contributed by atoms with van der Waals surface area (Å²) in [5, 5.41) is 0.638. The van der Waals surface area contributed by atoms with Crippen molar-refractivity contribution in [2.24, 2.45) is 0 Å². The van der Waals surface area contributed by atoms with E-state index < -0.39 is 5.60 Å². The van der Waals surface area contributed by atoms with Gasteiger partial charge in [0.05, 0.1) is 19.8 Å². The lowest BCUT2D eigenvalue weighted by atomic mass is 10.1. The number of ether oxygens (including phenoxy) is 4. The summed E-state index contributed by atoms with van der Waals surface area (Å²) in [7, 11) is 1.71. The third kappa shape index (κ3) is 7.58. The van der Waals surface area contributed by atoms with Gasteiger partial charge in [-0.3, -0.25) is 9.69 Å². The molecule has 4 rings (SSSR count).